The summed E-state index contributed by atoms with van der Waals surface area (Å²) in [6.45, 7) is 8.23. The van der Waals surface area contributed by atoms with Crippen LogP contribution in [0.4, 0.5) is 0 Å². The van der Waals surface area contributed by atoms with Crippen LogP contribution < -0.4 is 4.74 Å². The van der Waals surface area contributed by atoms with E-state index in [-0.39, 0.29) is 0 Å². The van der Waals surface area contributed by atoms with Gasteiger partial charge >= 0.3 is 0 Å². The lowest BCUT2D eigenvalue weighted by molar-refractivity contribution is 0.0207. The Bertz CT molecular complexity index is 427. The average molecular weight is 329 g/mol. The minimum Gasteiger partial charge on any atom is -0.466 e. The molecule has 100 valence electrons. The Morgan fingerprint density at radius 2 is 2.00 bits per heavy atom. The Kier molecular flexibility index (Phi) is 4.51. The third-order valence-electron chi connectivity index (χ3n) is 3.24. The van der Waals surface area contributed by atoms with Crippen LogP contribution in [-0.4, -0.2) is 21.5 Å². The lowest BCUT2D eigenvalue weighted by Crippen LogP contribution is -2.22. The SMILES string of the molecule is C[Si](C)(C)CCOCOc1c(Br)ccc2c1CC2. The molecule has 1 aliphatic carbocycles. The number of hydrogen-bond donors (Lipinski definition) is 0. The smallest absolute Gasteiger partial charge is 0.189 e. The number of rotatable bonds is 6. The molecule has 0 fully saturated rings. The van der Waals surface area contributed by atoms with E-state index in [9.17, 15) is 0 Å². The Morgan fingerprint density at radius 1 is 1.22 bits per heavy atom. The number of halogens is 1. The highest BCUT2D eigenvalue weighted by Crippen LogP contribution is 2.37. The summed E-state index contributed by atoms with van der Waals surface area (Å²) in [5.41, 5.74) is 2.76. The van der Waals surface area contributed by atoms with E-state index in [0.29, 0.717) is 6.79 Å². The molecule has 0 aliphatic heterocycles. The molecule has 0 amide bonds. The van der Waals surface area contributed by atoms with Crippen LogP contribution in [-0.2, 0) is 17.6 Å². The van der Waals surface area contributed by atoms with Crippen LogP contribution in [0.3, 0.4) is 0 Å². The van der Waals surface area contributed by atoms with Gasteiger partial charge in [0.1, 0.15) is 5.75 Å². The third kappa shape index (κ3) is 3.59. The van der Waals surface area contributed by atoms with E-state index in [0.717, 1.165) is 23.2 Å². The van der Waals surface area contributed by atoms with Crippen LogP contribution in [0, 0.1) is 0 Å². The van der Waals surface area contributed by atoms with Gasteiger partial charge in [-0.05, 0) is 52.0 Å². The van der Waals surface area contributed by atoms with Gasteiger partial charge in [-0.3, -0.25) is 0 Å². The van der Waals surface area contributed by atoms with Crippen molar-refractivity contribution in [2.75, 3.05) is 13.4 Å². The molecule has 18 heavy (non-hydrogen) atoms. The first-order chi connectivity index (χ1) is 8.47. The molecule has 0 bridgehead atoms. The van der Waals surface area contributed by atoms with E-state index in [1.54, 1.807) is 0 Å². The molecule has 2 rings (SSSR count). The maximum absolute atomic E-state index is 5.76. The summed E-state index contributed by atoms with van der Waals surface area (Å²) >= 11 is 3.54. The van der Waals surface area contributed by atoms with Gasteiger partial charge in [0, 0.05) is 14.7 Å². The van der Waals surface area contributed by atoms with Gasteiger partial charge < -0.3 is 9.47 Å². The zero-order chi connectivity index (χ0) is 13.2. The van der Waals surface area contributed by atoms with Crippen LogP contribution in [0.2, 0.25) is 25.7 Å². The second kappa shape index (κ2) is 5.76. The van der Waals surface area contributed by atoms with Gasteiger partial charge in [0.2, 0.25) is 0 Å². The quantitative estimate of drug-likeness (QED) is 0.441. The molecule has 0 saturated carbocycles. The van der Waals surface area contributed by atoms with E-state index in [1.807, 2.05) is 0 Å². The van der Waals surface area contributed by atoms with Crippen molar-refractivity contribution in [2.24, 2.45) is 0 Å². The maximum Gasteiger partial charge on any atom is 0.189 e. The molecule has 0 spiro atoms. The summed E-state index contributed by atoms with van der Waals surface area (Å²) in [5.74, 6) is 0.978. The monoisotopic (exact) mass is 328 g/mol. The van der Waals surface area contributed by atoms with E-state index < -0.39 is 8.07 Å². The molecule has 2 nitrogen and oxygen atoms in total. The van der Waals surface area contributed by atoms with Crippen molar-refractivity contribution >= 4 is 24.0 Å². The fraction of sp³-hybridized carbons (Fsp3) is 0.571. The summed E-state index contributed by atoms with van der Waals surface area (Å²) < 4.78 is 12.4. The summed E-state index contributed by atoms with van der Waals surface area (Å²) in [4.78, 5) is 0. The van der Waals surface area contributed by atoms with Gasteiger partial charge in [0.15, 0.2) is 6.79 Å². The number of fused-ring (bicyclic) bond motifs is 1. The van der Waals surface area contributed by atoms with Crippen molar-refractivity contribution in [1.29, 1.82) is 0 Å². The van der Waals surface area contributed by atoms with Crippen molar-refractivity contribution in [2.45, 2.75) is 38.5 Å². The average Bonchev–Trinajstić information content (AvgIpc) is 2.22. The Morgan fingerprint density at radius 3 is 2.61 bits per heavy atom. The first-order valence-electron chi connectivity index (χ1n) is 6.48. The maximum atomic E-state index is 5.76. The van der Waals surface area contributed by atoms with Crippen LogP contribution in [0.5, 0.6) is 5.75 Å². The molecule has 0 radical (unpaired) electrons. The highest BCUT2D eigenvalue weighted by molar-refractivity contribution is 9.10. The lowest BCUT2D eigenvalue weighted by Gasteiger charge is -2.23. The standard InChI is InChI=1S/C14H21BrO2Si/c1-18(2,3)9-8-16-10-17-14-12-6-4-11(12)5-7-13(14)15/h5,7H,4,6,8-10H2,1-3H3. The summed E-state index contributed by atoms with van der Waals surface area (Å²) in [7, 11) is -0.996. The Hall–Kier alpha value is -0.323. The number of benzene rings is 1. The second-order valence-electron chi connectivity index (χ2n) is 6.00. The van der Waals surface area contributed by atoms with Crippen LogP contribution in [0.1, 0.15) is 11.1 Å². The zero-order valence-electron chi connectivity index (χ0n) is 11.4. The van der Waals surface area contributed by atoms with Gasteiger partial charge in [-0.25, -0.2) is 0 Å². The zero-order valence-corrected chi connectivity index (χ0v) is 14.0. The number of aryl methyl sites for hydroxylation is 1. The molecule has 1 aromatic carbocycles. The van der Waals surface area contributed by atoms with Crippen molar-refractivity contribution in [3.8, 4) is 5.75 Å². The molecular weight excluding hydrogens is 308 g/mol. The molecule has 0 atom stereocenters. The largest absolute Gasteiger partial charge is 0.466 e. The molecule has 0 N–H and O–H groups in total. The predicted molar refractivity (Wildman–Crippen MR) is 81.2 cm³/mol. The third-order valence-corrected chi connectivity index (χ3v) is 5.57. The fourth-order valence-corrected chi connectivity index (χ4v) is 3.17. The minimum absolute atomic E-state index is 0.361. The summed E-state index contributed by atoms with van der Waals surface area (Å²) in [5, 5.41) is 0. The highest BCUT2D eigenvalue weighted by Gasteiger charge is 2.20. The minimum atomic E-state index is -0.996. The lowest BCUT2D eigenvalue weighted by atomic mass is 9.88. The van der Waals surface area contributed by atoms with E-state index in [1.165, 1.54) is 23.6 Å². The number of ether oxygens (including phenoxy) is 2. The fourth-order valence-electron chi connectivity index (χ4n) is 1.93. The summed E-state index contributed by atoms with van der Waals surface area (Å²) in [6, 6.07) is 5.42. The van der Waals surface area contributed by atoms with Crippen molar-refractivity contribution in [3.63, 3.8) is 0 Å². The van der Waals surface area contributed by atoms with Gasteiger partial charge in [0.25, 0.3) is 0 Å². The second-order valence-corrected chi connectivity index (χ2v) is 12.5. The molecule has 4 heteroatoms. The summed E-state index contributed by atoms with van der Waals surface area (Å²) in [6.07, 6.45) is 2.30. The van der Waals surface area contributed by atoms with E-state index >= 15 is 0 Å². The van der Waals surface area contributed by atoms with Crippen LogP contribution in [0.25, 0.3) is 0 Å². The van der Waals surface area contributed by atoms with Crippen molar-refractivity contribution < 1.29 is 9.47 Å². The first kappa shape index (κ1) is 14.1. The number of hydrogen-bond acceptors (Lipinski definition) is 2. The van der Waals surface area contributed by atoms with Gasteiger partial charge in [-0.2, -0.15) is 0 Å². The molecule has 0 unspecified atom stereocenters. The Balaban J connectivity index is 1.79. The molecular formula is C14H21BrO2Si. The first-order valence-corrected chi connectivity index (χ1v) is 11.0. The molecule has 0 saturated heterocycles. The normalized spacial score (nSPS) is 14.0. The van der Waals surface area contributed by atoms with E-state index in [4.69, 9.17) is 9.47 Å². The molecule has 1 aromatic rings. The Labute approximate surface area is 119 Å². The van der Waals surface area contributed by atoms with Crippen molar-refractivity contribution in [3.05, 3.63) is 27.7 Å². The highest BCUT2D eigenvalue weighted by atomic mass is 79.9. The van der Waals surface area contributed by atoms with Crippen molar-refractivity contribution in [1.82, 2.24) is 0 Å². The van der Waals surface area contributed by atoms with Gasteiger partial charge in [-0.1, -0.05) is 25.7 Å². The predicted octanol–water partition coefficient (Wildman–Crippen LogP) is 4.24. The van der Waals surface area contributed by atoms with Gasteiger partial charge in [0.05, 0.1) is 4.47 Å². The topological polar surface area (TPSA) is 18.5 Å². The molecule has 1 aliphatic rings. The van der Waals surface area contributed by atoms with E-state index in [2.05, 4.69) is 47.7 Å². The van der Waals surface area contributed by atoms with Gasteiger partial charge in [-0.15, -0.1) is 0 Å². The molecule has 0 aromatic heterocycles. The van der Waals surface area contributed by atoms with Crippen LogP contribution in [0.15, 0.2) is 16.6 Å². The molecule has 0 heterocycles. The van der Waals surface area contributed by atoms with Crippen LogP contribution >= 0.6 is 15.9 Å².